The second kappa shape index (κ2) is 8.12. The van der Waals surface area contributed by atoms with E-state index in [-0.39, 0.29) is 17.9 Å². The summed E-state index contributed by atoms with van der Waals surface area (Å²) < 4.78 is 2.16. The van der Waals surface area contributed by atoms with Crippen molar-refractivity contribution in [2.24, 2.45) is 0 Å². The lowest BCUT2D eigenvalue weighted by molar-refractivity contribution is -0.130. The Kier molecular flexibility index (Phi) is 5.84. The largest absolute Gasteiger partial charge is 0.332 e. The summed E-state index contributed by atoms with van der Waals surface area (Å²) >= 11 is 1.43. The van der Waals surface area contributed by atoms with Crippen LogP contribution in [0.1, 0.15) is 51.3 Å². The van der Waals surface area contributed by atoms with Gasteiger partial charge in [0.2, 0.25) is 11.8 Å². The Morgan fingerprint density at radius 2 is 2.04 bits per heavy atom. The van der Waals surface area contributed by atoms with E-state index in [4.69, 9.17) is 0 Å². The number of nitrogens with zero attached hydrogens (tertiary/aromatic N) is 4. The molecule has 1 aliphatic heterocycles. The van der Waals surface area contributed by atoms with E-state index >= 15 is 0 Å². The van der Waals surface area contributed by atoms with E-state index in [1.54, 1.807) is 0 Å². The van der Waals surface area contributed by atoms with Crippen molar-refractivity contribution in [1.29, 1.82) is 0 Å². The maximum absolute atomic E-state index is 12.8. The molecule has 7 nitrogen and oxygen atoms in total. The van der Waals surface area contributed by atoms with Gasteiger partial charge in [-0.15, -0.1) is 22.0 Å². The Labute approximate surface area is 163 Å². The molecule has 1 aromatic carbocycles. The summed E-state index contributed by atoms with van der Waals surface area (Å²) in [7, 11) is 0. The molecule has 1 N–H and O–H groups in total. The molecule has 0 saturated heterocycles. The van der Waals surface area contributed by atoms with Gasteiger partial charge in [0.25, 0.3) is 0 Å². The van der Waals surface area contributed by atoms with Gasteiger partial charge < -0.3 is 14.8 Å². The van der Waals surface area contributed by atoms with Crippen LogP contribution in [0.15, 0.2) is 29.2 Å². The lowest BCUT2D eigenvalue weighted by Gasteiger charge is -2.33. The first-order valence-corrected chi connectivity index (χ1v) is 10.1. The summed E-state index contributed by atoms with van der Waals surface area (Å²) in [4.78, 5) is 26.8. The zero-order chi connectivity index (χ0) is 19.6. The number of anilines is 1. The summed E-state index contributed by atoms with van der Waals surface area (Å²) in [5.41, 5.74) is 0.733. The number of fused-ring (bicyclic) bond motifs is 1. The fraction of sp³-hybridized carbons (Fsp3) is 0.474. The third kappa shape index (κ3) is 4.32. The molecule has 1 aromatic heterocycles. The average molecular weight is 388 g/mol. The zero-order valence-electron chi connectivity index (χ0n) is 16.1. The van der Waals surface area contributed by atoms with Crippen LogP contribution >= 0.6 is 11.8 Å². The maximum Gasteiger partial charge on any atom is 0.233 e. The highest BCUT2D eigenvalue weighted by atomic mass is 32.2. The molecule has 144 valence electrons. The smallest absolute Gasteiger partial charge is 0.233 e. The van der Waals surface area contributed by atoms with Gasteiger partial charge in [0.1, 0.15) is 5.82 Å². The van der Waals surface area contributed by atoms with Gasteiger partial charge in [0.05, 0.1) is 24.0 Å². The highest BCUT2D eigenvalue weighted by Crippen LogP contribution is 2.29. The molecule has 8 heteroatoms. The molecule has 0 unspecified atom stereocenters. The molecular weight excluding hydrogens is 362 g/mol. The Hall–Kier alpha value is -2.35. The number of hydrogen-bond donors (Lipinski definition) is 1. The molecule has 3 rings (SSSR count). The van der Waals surface area contributed by atoms with Gasteiger partial charge in [-0.1, -0.05) is 26.0 Å². The first-order chi connectivity index (χ1) is 12.9. The molecule has 0 aliphatic carbocycles. The second-order valence-electron chi connectivity index (χ2n) is 7.09. The minimum atomic E-state index is -0.125. The minimum Gasteiger partial charge on any atom is -0.332 e. The topological polar surface area (TPSA) is 80.1 Å². The highest BCUT2D eigenvalue weighted by Gasteiger charge is 2.29. The molecule has 0 bridgehead atoms. The number of thioether (sulfide) groups is 1. The van der Waals surface area contributed by atoms with Crippen LogP contribution in [0.2, 0.25) is 0 Å². The van der Waals surface area contributed by atoms with E-state index in [0.717, 1.165) is 22.2 Å². The summed E-state index contributed by atoms with van der Waals surface area (Å²) in [6.45, 7) is 8.91. The van der Waals surface area contributed by atoms with Gasteiger partial charge in [0, 0.05) is 24.3 Å². The number of rotatable bonds is 5. The number of nitrogens with one attached hydrogen (secondary N) is 1. The van der Waals surface area contributed by atoms with E-state index in [9.17, 15) is 9.59 Å². The van der Waals surface area contributed by atoms with E-state index in [1.165, 1.54) is 18.7 Å². The molecule has 0 radical (unpaired) electrons. The summed E-state index contributed by atoms with van der Waals surface area (Å²) in [5, 5.41) is 11.4. The molecule has 2 amide bonds. The Morgan fingerprint density at radius 3 is 2.74 bits per heavy atom. The van der Waals surface area contributed by atoms with Crippen molar-refractivity contribution in [2.75, 3.05) is 17.6 Å². The normalized spacial score (nSPS) is 16.3. The number of hydrogen-bond acceptors (Lipinski definition) is 5. The SMILES string of the molecule is CC(=O)Nc1ccccc1SCC(=O)N1Cc2nnc(C(C)C)n2[C@@H](C)C1. The fourth-order valence-electron chi connectivity index (χ4n) is 3.26. The first kappa shape index (κ1) is 19.4. The minimum absolute atomic E-state index is 0.0600. The van der Waals surface area contributed by atoms with Crippen molar-refractivity contribution in [2.45, 2.75) is 51.1 Å². The highest BCUT2D eigenvalue weighted by molar-refractivity contribution is 8.00. The predicted molar refractivity (Wildman–Crippen MR) is 106 cm³/mol. The monoisotopic (exact) mass is 387 g/mol. The molecule has 1 aliphatic rings. The van der Waals surface area contributed by atoms with E-state index in [2.05, 4.69) is 40.9 Å². The standard InChI is InChI=1S/C19H25N5O2S/c1-12(2)19-22-21-17-10-23(9-13(3)24(17)19)18(26)11-27-16-8-6-5-7-15(16)20-14(4)25/h5-8,12-13H,9-11H2,1-4H3,(H,20,25)/t13-/m0/s1. The summed E-state index contributed by atoms with van der Waals surface area (Å²) in [5.74, 6) is 2.37. The van der Waals surface area contributed by atoms with Crippen LogP contribution in [0.3, 0.4) is 0 Å². The van der Waals surface area contributed by atoms with E-state index < -0.39 is 0 Å². The molecule has 0 spiro atoms. The van der Waals surface area contributed by atoms with Gasteiger partial charge >= 0.3 is 0 Å². The molecule has 2 aromatic rings. The Morgan fingerprint density at radius 1 is 1.30 bits per heavy atom. The van der Waals surface area contributed by atoms with Crippen LogP contribution in [0, 0.1) is 0 Å². The third-order valence-corrected chi connectivity index (χ3v) is 5.53. The van der Waals surface area contributed by atoms with E-state index in [0.29, 0.717) is 24.8 Å². The van der Waals surface area contributed by atoms with Crippen molar-refractivity contribution >= 4 is 29.3 Å². The van der Waals surface area contributed by atoms with Crippen LogP contribution < -0.4 is 5.32 Å². The van der Waals surface area contributed by atoms with Crippen molar-refractivity contribution < 1.29 is 9.59 Å². The number of benzene rings is 1. The molecule has 1 atom stereocenters. The number of aromatic nitrogens is 3. The Bertz CT molecular complexity index is 848. The Balaban J connectivity index is 1.67. The quantitative estimate of drug-likeness (QED) is 0.798. The molecule has 2 heterocycles. The maximum atomic E-state index is 12.8. The second-order valence-corrected chi connectivity index (χ2v) is 8.11. The summed E-state index contributed by atoms with van der Waals surface area (Å²) in [6, 6.07) is 7.67. The van der Waals surface area contributed by atoms with Crippen LogP contribution in [-0.2, 0) is 16.1 Å². The first-order valence-electron chi connectivity index (χ1n) is 9.07. The molecule has 0 saturated carbocycles. The van der Waals surface area contributed by atoms with Crippen LogP contribution in [-0.4, -0.2) is 43.8 Å². The molecule has 27 heavy (non-hydrogen) atoms. The third-order valence-electron chi connectivity index (χ3n) is 4.47. The number of carbonyl (C=O) groups is 2. The van der Waals surface area contributed by atoms with E-state index in [1.807, 2.05) is 29.2 Å². The molecule has 0 fully saturated rings. The van der Waals surface area contributed by atoms with Crippen molar-refractivity contribution in [3.05, 3.63) is 35.9 Å². The van der Waals surface area contributed by atoms with Crippen LogP contribution in [0.5, 0.6) is 0 Å². The lowest BCUT2D eigenvalue weighted by atomic mass is 10.1. The lowest BCUT2D eigenvalue weighted by Crippen LogP contribution is -2.41. The fourth-order valence-corrected chi connectivity index (χ4v) is 4.17. The van der Waals surface area contributed by atoms with Gasteiger partial charge in [-0.05, 0) is 19.1 Å². The van der Waals surface area contributed by atoms with Crippen LogP contribution in [0.4, 0.5) is 5.69 Å². The van der Waals surface area contributed by atoms with Gasteiger partial charge in [0.15, 0.2) is 5.82 Å². The number of carbonyl (C=O) groups excluding carboxylic acids is 2. The zero-order valence-corrected chi connectivity index (χ0v) is 16.9. The van der Waals surface area contributed by atoms with Crippen molar-refractivity contribution in [3.63, 3.8) is 0 Å². The van der Waals surface area contributed by atoms with Gasteiger partial charge in [-0.2, -0.15) is 0 Å². The number of para-hydroxylation sites is 1. The average Bonchev–Trinajstić information content (AvgIpc) is 3.05. The molecular formula is C19H25N5O2S. The number of amides is 2. The van der Waals surface area contributed by atoms with Crippen LogP contribution in [0.25, 0.3) is 0 Å². The van der Waals surface area contributed by atoms with Crippen molar-refractivity contribution in [3.8, 4) is 0 Å². The van der Waals surface area contributed by atoms with Gasteiger partial charge in [-0.3, -0.25) is 9.59 Å². The van der Waals surface area contributed by atoms with Crippen molar-refractivity contribution in [1.82, 2.24) is 19.7 Å². The summed E-state index contributed by atoms with van der Waals surface area (Å²) in [6.07, 6.45) is 0. The predicted octanol–water partition coefficient (Wildman–Crippen LogP) is 3.06. The van der Waals surface area contributed by atoms with Gasteiger partial charge in [-0.25, -0.2) is 0 Å².